The van der Waals surface area contributed by atoms with Gasteiger partial charge in [0.15, 0.2) is 0 Å². The number of thiol groups is 1. The maximum absolute atomic E-state index is 11.7. The quantitative estimate of drug-likeness (QED) is 0.0816. The van der Waals surface area contributed by atoms with E-state index in [1.165, 1.54) is 24.6 Å². The number of methoxy groups -OCH3 is 1. The van der Waals surface area contributed by atoms with Gasteiger partial charge in [0.2, 0.25) is 0 Å². The van der Waals surface area contributed by atoms with Gasteiger partial charge in [0.1, 0.15) is 5.82 Å². The number of alkyl halides is 1. The monoisotopic (exact) mass is 653 g/mol. The van der Waals surface area contributed by atoms with E-state index in [9.17, 15) is 4.79 Å². The smallest absolute Gasteiger partial charge is 0.337 e. The third-order valence-corrected chi connectivity index (χ3v) is 6.68. The Bertz CT molecular complexity index is 1410. The van der Waals surface area contributed by atoms with Crippen molar-refractivity contribution in [3.05, 3.63) is 125 Å². The number of esters is 1. The number of nitrogens with zero attached hydrogens (tertiary/aromatic N) is 2. The fourth-order valence-corrected chi connectivity index (χ4v) is 4.09. The van der Waals surface area contributed by atoms with E-state index in [0.717, 1.165) is 46.1 Å². The molecule has 44 heavy (non-hydrogen) atoms. The van der Waals surface area contributed by atoms with Gasteiger partial charge in [-0.2, -0.15) is 12.6 Å². The van der Waals surface area contributed by atoms with Gasteiger partial charge in [-0.1, -0.05) is 93.1 Å². The fraction of sp³-hybridized carbons (Fsp3) is 0.278. The molecule has 4 aromatic rings. The number of hydrogen-bond acceptors (Lipinski definition) is 5. The molecule has 236 valence electrons. The normalized spacial score (nSPS) is 10.3. The maximum atomic E-state index is 11.7. The summed E-state index contributed by atoms with van der Waals surface area (Å²) < 4.78 is 6.95. The number of anilines is 1. The Balaban J connectivity index is 0.000000764. The molecule has 1 heterocycles. The van der Waals surface area contributed by atoms with E-state index >= 15 is 0 Å². The number of benzene rings is 3. The van der Waals surface area contributed by atoms with Crippen LogP contribution in [0.2, 0.25) is 0 Å². The molecule has 0 aliphatic heterocycles. The van der Waals surface area contributed by atoms with Gasteiger partial charge in [-0.3, -0.25) is 0 Å². The molecule has 5 nitrogen and oxygen atoms in total. The molecule has 0 saturated heterocycles. The summed E-state index contributed by atoms with van der Waals surface area (Å²) in [5.74, 6) is 2.17. The van der Waals surface area contributed by atoms with Crippen LogP contribution in [0.25, 0.3) is 17.2 Å². The SMILES string of the molecule is C/C=C/c1cn(Cc2ccc(C(=O)OC)cc2)c(Cc2ccc(-c3cccc(N)c3)cc2)n1.CC.CCCS.Cl/C=C/CCl. The molecule has 0 amide bonds. The zero-order chi connectivity index (χ0) is 32.7. The summed E-state index contributed by atoms with van der Waals surface area (Å²) in [6, 6.07) is 23.9. The summed E-state index contributed by atoms with van der Waals surface area (Å²) in [6.45, 7) is 8.76. The minimum absolute atomic E-state index is 0.332. The van der Waals surface area contributed by atoms with Crippen LogP contribution in [-0.4, -0.2) is 34.3 Å². The number of imidazole rings is 1. The summed E-state index contributed by atoms with van der Waals surface area (Å²) in [6.07, 6.45) is 9.61. The van der Waals surface area contributed by atoms with Crippen molar-refractivity contribution >= 4 is 53.6 Å². The highest BCUT2D eigenvalue weighted by molar-refractivity contribution is 7.80. The minimum atomic E-state index is -0.332. The van der Waals surface area contributed by atoms with Crippen LogP contribution in [0.1, 0.15) is 67.1 Å². The average Bonchev–Trinajstić information content (AvgIpc) is 3.43. The second-order valence-corrected chi connectivity index (χ2v) is 10.1. The number of nitrogen functional groups attached to an aromatic ring is 1. The van der Waals surface area contributed by atoms with Crippen molar-refractivity contribution in [2.24, 2.45) is 0 Å². The lowest BCUT2D eigenvalue weighted by molar-refractivity contribution is 0.0600. The third-order valence-electron chi connectivity index (χ3n) is 5.88. The van der Waals surface area contributed by atoms with E-state index in [-0.39, 0.29) is 5.97 Å². The van der Waals surface area contributed by atoms with Gasteiger partial charge in [0, 0.05) is 36.3 Å². The fourth-order valence-electron chi connectivity index (χ4n) is 3.82. The first-order valence-electron chi connectivity index (χ1n) is 14.6. The minimum Gasteiger partial charge on any atom is -0.465 e. The Morgan fingerprint density at radius 2 is 1.66 bits per heavy atom. The predicted octanol–water partition coefficient (Wildman–Crippen LogP) is 9.92. The van der Waals surface area contributed by atoms with E-state index in [1.807, 2.05) is 63.3 Å². The number of rotatable bonds is 9. The highest BCUT2D eigenvalue weighted by Gasteiger charge is 2.10. The number of allylic oxidation sites excluding steroid dienone is 2. The number of halogens is 2. The first-order chi connectivity index (χ1) is 21.4. The molecule has 2 N–H and O–H groups in total. The zero-order valence-corrected chi connectivity index (χ0v) is 28.7. The lowest BCUT2D eigenvalue weighted by Crippen LogP contribution is -2.06. The molecule has 0 spiro atoms. The Kier molecular flexibility index (Phi) is 20.2. The molecule has 0 fully saturated rings. The standard InChI is InChI=1S/C28H27N3O2.C3H4Cl2.C3H8S.C2H6/c1-3-5-26-19-31(18-21-10-14-23(15-11-21)28(32)33-2)27(30-26)16-20-8-12-22(13-9-20)24-6-4-7-25(29)17-24;4-2-1-3-5;1-2-3-4;1-2/h3-15,17,19H,16,18,29H2,1-2H3;1-2H,3H2;4H,2-3H2,1H3;1-2H3/b5-3+;2-1+;;. The summed E-state index contributed by atoms with van der Waals surface area (Å²) in [5.41, 5.74) is 14.1. The maximum Gasteiger partial charge on any atom is 0.337 e. The van der Waals surface area contributed by atoms with E-state index < -0.39 is 0 Å². The lowest BCUT2D eigenvalue weighted by Gasteiger charge is -2.10. The molecule has 0 aliphatic rings. The number of carbonyl (C=O) groups excluding carboxylic acids is 1. The Hall–Kier alpha value is -3.45. The van der Waals surface area contributed by atoms with Crippen molar-refractivity contribution < 1.29 is 9.53 Å². The Morgan fingerprint density at radius 1 is 1.02 bits per heavy atom. The topological polar surface area (TPSA) is 70.1 Å². The summed E-state index contributed by atoms with van der Waals surface area (Å²) in [4.78, 5) is 16.5. The van der Waals surface area contributed by atoms with Gasteiger partial charge < -0.3 is 15.0 Å². The van der Waals surface area contributed by atoms with Crippen molar-refractivity contribution in [1.29, 1.82) is 0 Å². The van der Waals surface area contributed by atoms with Crippen LogP contribution >= 0.6 is 35.8 Å². The Morgan fingerprint density at radius 3 is 2.16 bits per heavy atom. The first kappa shape index (κ1) is 38.6. The average molecular weight is 655 g/mol. The van der Waals surface area contributed by atoms with Gasteiger partial charge in [-0.15, -0.1) is 11.6 Å². The summed E-state index contributed by atoms with van der Waals surface area (Å²) in [7, 11) is 1.39. The van der Waals surface area contributed by atoms with Crippen LogP contribution in [0, 0.1) is 0 Å². The van der Waals surface area contributed by atoms with Gasteiger partial charge in [0.05, 0.1) is 18.4 Å². The van der Waals surface area contributed by atoms with Gasteiger partial charge in [-0.05, 0) is 71.7 Å². The van der Waals surface area contributed by atoms with Crippen LogP contribution in [-0.2, 0) is 17.7 Å². The molecular weight excluding hydrogens is 609 g/mol. The van der Waals surface area contributed by atoms with Crippen LogP contribution in [0.3, 0.4) is 0 Å². The molecule has 0 saturated carbocycles. The van der Waals surface area contributed by atoms with Crippen LogP contribution in [0.5, 0.6) is 0 Å². The van der Waals surface area contributed by atoms with Crippen molar-refractivity contribution in [2.75, 3.05) is 24.5 Å². The van der Waals surface area contributed by atoms with E-state index in [4.69, 9.17) is 38.7 Å². The van der Waals surface area contributed by atoms with Crippen molar-refractivity contribution in [3.8, 4) is 11.1 Å². The van der Waals surface area contributed by atoms with E-state index in [2.05, 4.69) is 60.6 Å². The van der Waals surface area contributed by atoms with Gasteiger partial charge in [0.25, 0.3) is 0 Å². The molecule has 8 heteroatoms. The van der Waals surface area contributed by atoms with Crippen LogP contribution < -0.4 is 5.73 Å². The molecule has 0 bridgehead atoms. The molecule has 0 unspecified atom stereocenters. The third kappa shape index (κ3) is 13.9. The molecule has 3 aromatic carbocycles. The van der Waals surface area contributed by atoms with E-state index in [0.29, 0.717) is 18.0 Å². The molecule has 0 aliphatic carbocycles. The number of hydrogen-bond donors (Lipinski definition) is 2. The first-order valence-corrected chi connectivity index (χ1v) is 16.2. The zero-order valence-electron chi connectivity index (χ0n) is 26.3. The second-order valence-electron chi connectivity index (χ2n) is 9.14. The number of ether oxygens (including phenoxy) is 1. The van der Waals surface area contributed by atoms with Crippen molar-refractivity contribution in [2.45, 2.75) is 47.1 Å². The van der Waals surface area contributed by atoms with Gasteiger partial charge >= 0.3 is 5.97 Å². The molecule has 0 atom stereocenters. The van der Waals surface area contributed by atoms with Crippen LogP contribution in [0.15, 0.2) is 96.7 Å². The largest absolute Gasteiger partial charge is 0.465 e. The lowest BCUT2D eigenvalue weighted by atomic mass is 10.0. The molecule has 1 aromatic heterocycles. The molecular formula is C36H45Cl2N3O2S. The number of carbonyl (C=O) groups is 1. The molecule has 0 radical (unpaired) electrons. The second kappa shape index (κ2) is 23.0. The Labute approximate surface area is 279 Å². The van der Waals surface area contributed by atoms with E-state index in [1.54, 1.807) is 18.2 Å². The summed E-state index contributed by atoms with van der Waals surface area (Å²) >= 11 is 14.1. The van der Waals surface area contributed by atoms with Crippen molar-refractivity contribution in [3.63, 3.8) is 0 Å². The molecule has 4 rings (SSSR count). The highest BCUT2D eigenvalue weighted by atomic mass is 35.5. The van der Waals surface area contributed by atoms with Crippen molar-refractivity contribution in [1.82, 2.24) is 9.55 Å². The van der Waals surface area contributed by atoms with Crippen LogP contribution in [0.4, 0.5) is 5.69 Å². The predicted molar refractivity (Wildman–Crippen MR) is 194 cm³/mol. The number of aromatic nitrogens is 2. The number of nitrogens with two attached hydrogens (primary N) is 1. The summed E-state index contributed by atoms with van der Waals surface area (Å²) in [5, 5.41) is 0. The highest BCUT2D eigenvalue weighted by Crippen LogP contribution is 2.23. The van der Waals surface area contributed by atoms with Gasteiger partial charge in [-0.25, -0.2) is 9.78 Å².